The van der Waals surface area contributed by atoms with E-state index >= 15 is 0 Å². The van der Waals surface area contributed by atoms with Gasteiger partial charge in [0, 0.05) is 25.2 Å². The molecule has 1 aliphatic heterocycles. The van der Waals surface area contributed by atoms with Crippen LogP contribution in [0.3, 0.4) is 0 Å². The van der Waals surface area contributed by atoms with Gasteiger partial charge in [0.05, 0.1) is 5.75 Å². The third kappa shape index (κ3) is 6.59. The standard InChI is InChI=1S/C17H27N3O3S/c1-2-24(22,23)18-14-15-6-8-16(9-7-15)19-17(21)10-13-20-11-4-3-5-12-20/h6-9,18H,2-5,10-14H2,1H3,(H,19,21). The molecule has 7 heteroatoms. The number of carbonyl (C=O) groups is 1. The molecule has 2 rings (SSSR count). The predicted octanol–water partition coefficient (Wildman–Crippen LogP) is 1.94. The molecule has 0 radical (unpaired) electrons. The summed E-state index contributed by atoms with van der Waals surface area (Å²) in [7, 11) is -3.19. The van der Waals surface area contributed by atoms with E-state index in [-0.39, 0.29) is 18.2 Å². The summed E-state index contributed by atoms with van der Waals surface area (Å²) in [5, 5.41) is 2.89. The Kier molecular flexibility index (Phi) is 7.20. The summed E-state index contributed by atoms with van der Waals surface area (Å²) >= 11 is 0. The Labute approximate surface area is 144 Å². The summed E-state index contributed by atoms with van der Waals surface area (Å²) in [5.74, 6) is 0.0815. The highest BCUT2D eigenvalue weighted by molar-refractivity contribution is 7.89. The van der Waals surface area contributed by atoms with Gasteiger partial charge in [-0.2, -0.15) is 0 Å². The van der Waals surface area contributed by atoms with Crippen LogP contribution in [0.4, 0.5) is 5.69 Å². The van der Waals surface area contributed by atoms with Gasteiger partial charge in [-0.1, -0.05) is 18.6 Å². The lowest BCUT2D eigenvalue weighted by Crippen LogP contribution is -2.32. The van der Waals surface area contributed by atoms with Crippen LogP contribution in [0.15, 0.2) is 24.3 Å². The van der Waals surface area contributed by atoms with Gasteiger partial charge in [0.1, 0.15) is 0 Å². The topological polar surface area (TPSA) is 78.5 Å². The smallest absolute Gasteiger partial charge is 0.225 e. The first-order chi connectivity index (χ1) is 11.5. The van der Waals surface area contributed by atoms with Crippen LogP contribution in [0.5, 0.6) is 0 Å². The van der Waals surface area contributed by atoms with Crippen molar-refractivity contribution in [2.75, 3.05) is 30.7 Å². The third-order valence-electron chi connectivity index (χ3n) is 4.22. The van der Waals surface area contributed by atoms with E-state index in [4.69, 9.17) is 0 Å². The highest BCUT2D eigenvalue weighted by Crippen LogP contribution is 2.12. The lowest BCUT2D eigenvalue weighted by atomic mass is 10.1. The third-order valence-corrected chi connectivity index (χ3v) is 5.56. The molecular weight excluding hydrogens is 326 g/mol. The maximum atomic E-state index is 12.0. The average Bonchev–Trinajstić information content (AvgIpc) is 2.60. The van der Waals surface area contributed by atoms with Gasteiger partial charge in [-0.25, -0.2) is 13.1 Å². The summed E-state index contributed by atoms with van der Waals surface area (Å²) in [6, 6.07) is 7.24. The minimum Gasteiger partial charge on any atom is -0.326 e. The molecule has 1 amide bonds. The molecule has 1 aromatic carbocycles. The predicted molar refractivity (Wildman–Crippen MR) is 96.3 cm³/mol. The van der Waals surface area contributed by atoms with Gasteiger partial charge in [0.2, 0.25) is 15.9 Å². The van der Waals surface area contributed by atoms with Gasteiger partial charge in [-0.15, -0.1) is 0 Å². The van der Waals surface area contributed by atoms with Crippen molar-refractivity contribution < 1.29 is 13.2 Å². The molecule has 0 spiro atoms. The van der Waals surface area contributed by atoms with Crippen LogP contribution < -0.4 is 10.0 Å². The highest BCUT2D eigenvalue weighted by atomic mass is 32.2. The second-order valence-electron chi connectivity index (χ2n) is 6.12. The Morgan fingerprint density at radius 2 is 1.79 bits per heavy atom. The zero-order valence-electron chi connectivity index (χ0n) is 14.3. The van der Waals surface area contributed by atoms with Crippen LogP contribution in [-0.4, -0.2) is 44.6 Å². The Balaban J connectivity index is 1.75. The number of nitrogens with zero attached hydrogens (tertiary/aromatic N) is 1. The van der Waals surface area contributed by atoms with Crippen molar-refractivity contribution in [2.45, 2.75) is 39.2 Å². The quantitative estimate of drug-likeness (QED) is 0.749. The molecular formula is C17H27N3O3S. The number of carbonyl (C=O) groups excluding carboxylic acids is 1. The Morgan fingerprint density at radius 3 is 2.42 bits per heavy atom. The van der Waals surface area contributed by atoms with Gasteiger partial charge in [-0.05, 0) is 50.6 Å². The molecule has 1 saturated heterocycles. The number of hydrogen-bond acceptors (Lipinski definition) is 4. The molecule has 24 heavy (non-hydrogen) atoms. The van der Waals surface area contributed by atoms with Gasteiger partial charge in [-0.3, -0.25) is 4.79 Å². The molecule has 1 aromatic rings. The van der Waals surface area contributed by atoms with E-state index in [2.05, 4.69) is 14.9 Å². The highest BCUT2D eigenvalue weighted by Gasteiger charge is 2.12. The van der Waals surface area contributed by atoms with Crippen molar-refractivity contribution in [3.63, 3.8) is 0 Å². The van der Waals surface area contributed by atoms with Crippen LogP contribution in [-0.2, 0) is 21.4 Å². The normalized spacial score (nSPS) is 16.0. The molecule has 0 saturated carbocycles. The number of benzene rings is 1. The van der Waals surface area contributed by atoms with E-state index in [9.17, 15) is 13.2 Å². The van der Waals surface area contributed by atoms with Crippen molar-refractivity contribution >= 4 is 21.6 Å². The monoisotopic (exact) mass is 353 g/mol. The lowest BCUT2D eigenvalue weighted by Gasteiger charge is -2.25. The molecule has 0 aromatic heterocycles. The van der Waals surface area contributed by atoms with Crippen LogP contribution in [0.2, 0.25) is 0 Å². The fourth-order valence-corrected chi connectivity index (χ4v) is 3.26. The van der Waals surface area contributed by atoms with Gasteiger partial charge >= 0.3 is 0 Å². The number of sulfonamides is 1. The number of likely N-dealkylation sites (tertiary alicyclic amines) is 1. The van der Waals surface area contributed by atoms with Crippen LogP contribution in [0.1, 0.15) is 38.2 Å². The minimum absolute atomic E-state index is 0.0139. The SMILES string of the molecule is CCS(=O)(=O)NCc1ccc(NC(=O)CCN2CCCCC2)cc1. The van der Waals surface area contributed by atoms with Crippen molar-refractivity contribution in [3.8, 4) is 0 Å². The van der Waals surface area contributed by atoms with Gasteiger partial charge in [0.15, 0.2) is 0 Å². The molecule has 1 fully saturated rings. The zero-order chi connectivity index (χ0) is 17.4. The van der Waals surface area contributed by atoms with E-state index < -0.39 is 10.0 Å². The summed E-state index contributed by atoms with van der Waals surface area (Å²) in [4.78, 5) is 14.3. The van der Waals surface area contributed by atoms with Crippen molar-refractivity contribution in [3.05, 3.63) is 29.8 Å². The Morgan fingerprint density at radius 1 is 1.12 bits per heavy atom. The van der Waals surface area contributed by atoms with E-state index in [1.54, 1.807) is 19.1 Å². The molecule has 134 valence electrons. The molecule has 1 aliphatic rings. The fourth-order valence-electron chi connectivity index (χ4n) is 2.67. The summed E-state index contributed by atoms with van der Waals surface area (Å²) in [6.45, 7) is 4.86. The Bertz CT molecular complexity index is 623. The lowest BCUT2D eigenvalue weighted by molar-refractivity contribution is -0.116. The number of anilines is 1. The van der Waals surface area contributed by atoms with Crippen LogP contribution >= 0.6 is 0 Å². The number of piperidine rings is 1. The largest absolute Gasteiger partial charge is 0.326 e. The van der Waals surface area contributed by atoms with Crippen molar-refractivity contribution in [2.24, 2.45) is 0 Å². The van der Waals surface area contributed by atoms with E-state index in [0.717, 1.165) is 30.9 Å². The van der Waals surface area contributed by atoms with Crippen molar-refractivity contribution in [1.29, 1.82) is 0 Å². The minimum atomic E-state index is -3.19. The number of rotatable bonds is 8. The first-order valence-corrected chi connectivity index (χ1v) is 10.2. The molecule has 0 aliphatic carbocycles. The molecule has 0 bridgehead atoms. The van der Waals surface area contributed by atoms with E-state index in [0.29, 0.717) is 6.42 Å². The van der Waals surface area contributed by atoms with E-state index in [1.165, 1.54) is 19.3 Å². The number of amides is 1. The summed E-state index contributed by atoms with van der Waals surface area (Å²) in [5.41, 5.74) is 1.60. The first kappa shape index (κ1) is 18.9. The molecule has 0 atom stereocenters. The maximum absolute atomic E-state index is 12.0. The average molecular weight is 353 g/mol. The van der Waals surface area contributed by atoms with Crippen molar-refractivity contribution in [1.82, 2.24) is 9.62 Å². The van der Waals surface area contributed by atoms with E-state index in [1.807, 2.05) is 12.1 Å². The number of hydrogen-bond donors (Lipinski definition) is 2. The molecule has 2 N–H and O–H groups in total. The summed E-state index contributed by atoms with van der Waals surface area (Å²) < 4.78 is 25.4. The zero-order valence-corrected chi connectivity index (χ0v) is 15.1. The second-order valence-corrected chi connectivity index (χ2v) is 8.22. The maximum Gasteiger partial charge on any atom is 0.225 e. The second kappa shape index (κ2) is 9.15. The molecule has 0 unspecified atom stereocenters. The first-order valence-electron chi connectivity index (χ1n) is 8.57. The molecule has 1 heterocycles. The number of nitrogens with one attached hydrogen (secondary N) is 2. The fraction of sp³-hybridized carbons (Fsp3) is 0.588. The van der Waals surface area contributed by atoms with Gasteiger partial charge in [0.25, 0.3) is 0 Å². The van der Waals surface area contributed by atoms with Crippen LogP contribution in [0, 0.1) is 0 Å². The van der Waals surface area contributed by atoms with Gasteiger partial charge < -0.3 is 10.2 Å². The van der Waals surface area contributed by atoms with Crippen LogP contribution in [0.25, 0.3) is 0 Å². The summed E-state index contributed by atoms with van der Waals surface area (Å²) in [6.07, 6.45) is 4.25. The Hall–Kier alpha value is -1.44. The molecule has 6 nitrogen and oxygen atoms in total.